The second kappa shape index (κ2) is 4.91. The molecule has 2 rings (SSSR count). The molecule has 0 saturated carbocycles. The molecule has 0 aliphatic carbocycles. The molecule has 0 bridgehead atoms. The zero-order valence-electron chi connectivity index (χ0n) is 9.60. The number of nitrogens with zero attached hydrogens (tertiary/aromatic N) is 2. The minimum Gasteiger partial charge on any atom is -0.289 e. The van der Waals surface area contributed by atoms with Crippen LogP contribution in [0.25, 0.3) is 6.08 Å². The summed E-state index contributed by atoms with van der Waals surface area (Å²) in [5.41, 5.74) is 0.429. The Bertz CT molecular complexity index is 617. The number of rotatable bonds is 3. The Kier molecular flexibility index (Phi) is 3.32. The summed E-state index contributed by atoms with van der Waals surface area (Å²) >= 11 is 0. The van der Waals surface area contributed by atoms with Gasteiger partial charge in [-0.1, -0.05) is 0 Å². The number of benzene rings is 1. The summed E-state index contributed by atoms with van der Waals surface area (Å²) in [5.74, 6) is -1.44. The first-order chi connectivity index (χ1) is 8.56. The van der Waals surface area contributed by atoms with Crippen LogP contribution in [0.15, 0.2) is 36.7 Å². The largest absolute Gasteiger partial charge is 0.289 e. The fourth-order valence-corrected chi connectivity index (χ4v) is 1.45. The van der Waals surface area contributed by atoms with Gasteiger partial charge >= 0.3 is 0 Å². The standard InChI is InChI=1S/C13H10F2N2O/c1-17-8-10(7-16-17)13(18)5-2-9-6-11(14)3-4-12(9)15/h2-8H,1H3. The van der Waals surface area contributed by atoms with Crippen LogP contribution in [0.3, 0.4) is 0 Å². The Hall–Kier alpha value is -2.30. The molecule has 1 aromatic heterocycles. The van der Waals surface area contributed by atoms with Crippen LogP contribution < -0.4 is 0 Å². The molecule has 5 heteroatoms. The van der Waals surface area contributed by atoms with E-state index in [9.17, 15) is 13.6 Å². The van der Waals surface area contributed by atoms with Crippen LogP contribution in [0.4, 0.5) is 8.78 Å². The minimum absolute atomic E-state index is 0.0345. The number of hydrogen-bond donors (Lipinski definition) is 0. The van der Waals surface area contributed by atoms with Crippen molar-refractivity contribution in [2.75, 3.05) is 0 Å². The molecule has 0 atom stereocenters. The van der Waals surface area contributed by atoms with Crippen molar-refractivity contribution in [3.63, 3.8) is 0 Å². The van der Waals surface area contributed by atoms with Crippen LogP contribution in [0, 0.1) is 11.6 Å². The van der Waals surface area contributed by atoms with E-state index in [1.807, 2.05) is 0 Å². The van der Waals surface area contributed by atoms with E-state index in [4.69, 9.17) is 0 Å². The topological polar surface area (TPSA) is 34.9 Å². The monoisotopic (exact) mass is 248 g/mol. The molecule has 3 nitrogen and oxygen atoms in total. The molecular formula is C13H10F2N2O. The molecule has 0 aliphatic heterocycles. The van der Waals surface area contributed by atoms with Crippen molar-refractivity contribution >= 4 is 11.9 Å². The molecule has 0 spiro atoms. The number of ketones is 1. The van der Waals surface area contributed by atoms with E-state index in [1.165, 1.54) is 23.0 Å². The van der Waals surface area contributed by atoms with Gasteiger partial charge < -0.3 is 0 Å². The maximum atomic E-state index is 13.3. The first-order valence-electron chi connectivity index (χ1n) is 5.22. The lowest BCUT2D eigenvalue weighted by Gasteiger charge is -1.96. The number of halogens is 2. The number of carbonyl (C=O) groups is 1. The van der Waals surface area contributed by atoms with Crippen molar-refractivity contribution in [1.82, 2.24) is 9.78 Å². The molecule has 1 heterocycles. The molecule has 1 aromatic carbocycles. The summed E-state index contributed by atoms with van der Waals surface area (Å²) in [4.78, 5) is 11.7. The van der Waals surface area contributed by atoms with E-state index in [0.29, 0.717) is 5.56 Å². The molecule has 0 amide bonds. The van der Waals surface area contributed by atoms with E-state index in [1.54, 1.807) is 13.2 Å². The Labute approximate surface area is 102 Å². The maximum Gasteiger partial charge on any atom is 0.189 e. The van der Waals surface area contributed by atoms with Crippen molar-refractivity contribution in [2.24, 2.45) is 7.05 Å². The highest BCUT2D eigenvalue weighted by Crippen LogP contribution is 2.12. The van der Waals surface area contributed by atoms with E-state index in [-0.39, 0.29) is 11.3 Å². The Morgan fingerprint density at radius 2 is 2.17 bits per heavy atom. The van der Waals surface area contributed by atoms with Gasteiger partial charge in [-0.15, -0.1) is 0 Å². The molecule has 0 saturated heterocycles. The van der Waals surface area contributed by atoms with Gasteiger partial charge in [0.25, 0.3) is 0 Å². The van der Waals surface area contributed by atoms with Crippen LogP contribution >= 0.6 is 0 Å². The van der Waals surface area contributed by atoms with Gasteiger partial charge in [-0.25, -0.2) is 8.78 Å². The van der Waals surface area contributed by atoms with Gasteiger partial charge in [0.15, 0.2) is 5.78 Å². The van der Waals surface area contributed by atoms with Crippen LogP contribution in [-0.2, 0) is 7.05 Å². The third-order valence-corrected chi connectivity index (χ3v) is 2.36. The van der Waals surface area contributed by atoms with Crippen LogP contribution in [0.2, 0.25) is 0 Å². The van der Waals surface area contributed by atoms with Crippen LogP contribution in [0.5, 0.6) is 0 Å². The van der Waals surface area contributed by atoms with Crippen LogP contribution in [0.1, 0.15) is 15.9 Å². The fourth-order valence-electron chi connectivity index (χ4n) is 1.45. The lowest BCUT2D eigenvalue weighted by atomic mass is 10.1. The molecule has 0 radical (unpaired) electrons. The smallest absolute Gasteiger partial charge is 0.189 e. The van der Waals surface area contributed by atoms with Crippen molar-refractivity contribution in [3.05, 3.63) is 59.4 Å². The fraction of sp³-hybridized carbons (Fsp3) is 0.0769. The Morgan fingerprint density at radius 1 is 1.39 bits per heavy atom. The van der Waals surface area contributed by atoms with Gasteiger partial charge in [-0.05, 0) is 30.4 Å². The third kappa shape index (κ3) is 2.68. The molecule has 18 heavy (non-hydrogen) atoms. The van der Waals surface area contributed by atoms with Gasteiger partial charge in [0.05, 0.1) is 11.8 Å². The number of carbonyl (C=O) groups excluding carboxylic acids is 1. The minimum atomic E-state index is -0.577. The first kappa shape index (κ1) is 12.2. The number of aryl methyl sites for hydroxylation is 1. The number of aromatic nitrogens is 2. The first-order valence-corrected chi connectivity index (χ1v) is 5.22. The summed E-state index contributed by atoms with van der Waals surface area (Å²) in [5, 5.41) is 3.85. The normalized spacial score (nSPS) is 11.1. The van der Waals surface area contributed by atoms with Crippen molar-refractivity contribution in [3.8, 4) is 0 Å². The van der Waals surface area contributed by atoms with E-state index >= 15 is 0 Å². The number of hydrogen-bond acceptors (Lipinski definition) is 2. The van der Waals surface area contributed by atoms with E-state index in [0.717, 1.165) is 18.2 Å². The molecule has 92 valence electrons. The summed E-state index contributed by atoms with van der Waals surface area (Å²) < 4.78 is 27.7. The van der Waals surface area contributed by atoms with E-state index in [2.05, 4.69) is 5.10 Å². The zero-order chi connectivity index (χ0) is 13.1. The highest BCUT2D eigenvalue weighted by molar-refractivity contribution is 6.06. The van der Waals surface area contributed by atoms with Gasteiger partial charge in [0, 0.05) is 18.8 Å². The maximum absolute atomic E-state index is 13.3. The van der Waals surface area contributed by atoms with Crippen molar-refractivity contribution in [1.29, 1.82) is 0 Å². The quantitative estimate of drug-likeness (QED) is 0.618. The second-order valence-electron chi connectivity index (χ2n) is 3.77. The molecule has 2 aromatic rings. The van der Waals surface area contributed by atoms with Crippen molar-refractivity contribution in [2.45, 2.75) is 0 Å². The predicted molar refractivity (Wildman–Crippen MR) is 62.9 cm³/mol. The average Bonchev–Trinajstić information content (AvgIpc) is 2.77. The molecule has 0 aliphatic rings. The summed E-state index contributed by atoms with van der Waals surface area (Å²) in [6, 6.07) is 3.07. The Balaban J connectivity index is 2.20. The van der Waals surface area contributed by atoms with Crippen LogP contribution in [-0.4, -0.2) is 15.6 Å². The zero-order valence-corrected chi connectivity index (χ0v) is 9.60. The van der Waals surface area contributed by atoms with Gasteiger partial charge in [0.2, 0.25) is 0 Å². The van der Waals surface area contributed by atoms with Gasteiger partial charge in [0.1, 0.15) is 11.6 Å². The SMILES string of the molecule is Cn1cc(C(=O)C=Cc2cc(F)ccc2F)cn1. The number of allylic oxidation sites excluding steroid dienone is 1. The average molecular weight is 248 g/mol. The second-order valence-corrected chi connectivity index (χ2v) is 3.77. The predicted octanol–water partition coefficient (Wildman–Crippen LogP) is 2.59. The third-order valence-electron chi connectivity index (χ3n) is 2.36. The highest BCUT2D eigenvalue weighted by atomic mass is 19.1. The molecular weight excluding hydrogens is 238 g/mol. The summed E-state index contributed by atoms with van der Waals surface area (Å²) in [6.07, 6.45) is 5.39. The summed E-state index contributed by atoms with van der Waals surface area (Å²) in [6.45, 7) is 0. The van der Waals surface area contributed by atoms with Gasteiger partial charge in [-0.2, -0.15) is 5.10 Å². The van der Waals surface area contributed by atoms with E-state index < -0.39 is 11.6 Å². The lowest BCUT2D eigenvalue weighted by Crippen LogP contribution is -1.92. The summed E-state index contributed by atoms with van der Waals surface area (Å²) in [7, 11) is 1.69. The van der Waals surface area contributed by atoms with Crippen molar-refractivity contribution < 1.29 is 13.6 Å². The molecule has 0 unspecified atom stereocenters. The lowest BCUT2D eigenvalue weighted by molar-refractivity contribution is 0.104. The van der Waals surface area contributed by atoms with Gasteiger partial charge in [-0.3, -0.25) is 9.48 Å². The highest BCUT2D eigenvalue weighted by Gasteiger charge is 2.05. The molecule has 0 N–H and O–H groups in total. The molecule has 0 fully saturated rings. The Morgan fingerprint density at radius 3 is 2.83 bits per heavy atom.